The quantitative estimate of drug-likeness (QED) is 0.677. The van der Waals surface area contributed by atoms with Crippen molar-refractivity contribution in [2.24, 2.45) is 5.92 Å². The molecule has 0 aromatic heterocycles. The third-order valence-corrected chi connectivity index (χ3v) is 2.61. The molecular formula is C10H11FO. The molecule has 0 spiro atoms. The van der Waals surface area contributed by atoms with Gasteiger partial charge in [-0.05, 0) is 18.4 Å². The Morgan fingerprint density at radius 3 is 2.58 bits per heavy atom. The molecule has 0 bridgehead atoms. The molecule has 1 fully saturated rings. The maximum atomic E-state index is 13.1. The lowest BCUT2D eigenvalue weighted by atomic mass is 10.1. The number of benzene rings is 1. The van der Waals surface area contributed by atoms with Gasteiger partial charge in [0.15, 0.2) is 0 Å². The van der Waals surface area contributed by atoms with Crippen LogP contribution in [0.2, 0.25) is 0 Å². The van der Waals surface area contributed by atoms with Crippen LogP contribution in [-0.2, 0) is 5.60 Å². The number of aliphatic hydroxyl groups is 1. The van der Waals surface area contributed by atoms with Crippen LogP contribution in [0.15, 0.2) is 24.3 Å². The second-order valence-corrected chi connectivity index (χ2v) is 3.51. The van der Waals surface area contributed by atoms with Gasteiger partial charge in [0.1, 0.15) is 5.82 Å². The van der Waals surface area contributed by atoms with Gasteiger partial charge in [-0.2, -0.15) is 0 Å². The number of halogens is 1. The van der Waals surface area contributed by atoms with Gasteiger partial charge in [0, 0.05) is 5.56 Å². The van der Waals surface area contributed by atoms with Crippen molar-refractivity contribution in [3.05, 3.63) is 35.6 Å². The minimum Gasteiger partial charge on any atom is -0.385 e. The Labute approximate surface area is 70.8 Å². The fourth-order valence-electron chi connectivity index (χ4n) is 1.60. The summed E-state index contributed by atoms with van der Waals surface area (Å²) in [6.07, 6.45) is 0.675. The number of hydrogen-bond donors (Lipinski definition) is 1. The first-order valence-electron chi connectivity index (χ1n) is 4.12. The van der Waals surface area contributed by atoms with Gasteiger partial charge in [0.25, 0.3) is 0 Å². The summed E-state index contributed by atoms with van der Waals surface area (Å²) in [5, 5.41) is 9.81. The highest BCUT2D eigenvalue weighted by Crippen LogP contribution is 2.51. The van der Waals surface area contributed by atoms with E-state index in [1.807, 2.05) is 6.92 Å². The van der Waals surface area contributed by atoms with Crippen molar-refractivity contribution < 1.29 is 9.50 Å². The summed E-state index contributed by atoms with van der Waals surface area (Å²) in [6, 6.07) is 6.42. The van der Waals surface area contributed by atoms with Crippen molar-refractivity contribution >= 4 is 0 Å². The fourth-order valence-corrected chi connectivity index (χ4v) is 1.60. The molecule has 64 valence electrons. The van der Waals surface area contributed by atoms with Gasteiger partial charge >= 0.3 is 0 Å². The van der Waals surface area contributed by atoms with E-state index in [0.29, 0.717) is 12.0 Å². The van der Waals surface area contributed by atoms with Crippen LogP contribution in [0.3, 0.4) is 0 Å². The highest BCUT2D eigenvalue weighted by Gasteiger charge is 2.52. The summed E-state index contributed by atoms with van der Waals surface area (Å²) < 4.78 is 13.1. The zero-order valence-corrected chi connectivity index (χ0v) is 6.92. The van der Waals surface area contributed by atoms with Crippen molar-refractivity contribution in [1.82, 2.24) is 0 Å². The molecule has 1 aromatic carbocycles. The first kappa shape index (κ1) is 7.74. The Balaban J connectivity index is 2.41. The summed E-state index contributed by atoms with van der Waals surface area (Å²) >= 11 is 0. The molecule has 2 rings (SSSR count). The molecule has 12 heavy (non-hydrogen) atoms. The number of rotatable bonds is 1. The van der Waals surface area contributed by atoms with Gasteiger partial charge in [0.2, 0.25) is 0 Å². The lowest BCUT2D eigenvalue weighted by Crippen LogP contribution is -2.09. The Kier molecular flexibility index (Phi) is 1.48. The molecule has 2 heteroatoms. The summed E-state index contributed by atoms with van der Waals surface area (Å²) in [5.74, 6) is -0.112. The van der Waals surface area contributed by atoms with E-state index < -0.39 is 5.60 Å². The van der Waals surface area contributed by atoms with Gasteiger partial charge in [-0.3, -0.25) is 0 Å². The van der Waals surface area contributed by atoms with E-state index in [4.69, 9.17) is 0 Å². The molecular weight excluding hydrogens is 155 g/mol. The van der Waals surface area contributed by atoms with E-state index in [1.54, 1.807) is 18.2 Å². The average Bonchev–Trinajstić information content (AvgIpc) is 2.61. The largest absolute Gasteiger partial charge is 0.385 e. The minimum atomic E-state index is -0.884. The minimum absolute atomic E-state index is 0.189. The molecule has 2 unspecified atom stereocenters. The third kappa shape index (κ3) is 0.950. The lowest BCUT2D eigenvalue weighted by Gasteiger charge is -2.09. The highest BCUT2D eigenvalue weighted by atomic mass is 19.1. The lowest BCUT2D eigenvalue weighted by molar-refractivity contribution is 0.130. The van der Waals surface area contributed by atoms with Gasteiger partial charge in [-0.15, -0.1) is 0 Å². The van der Waals surface area contributed by atoms with Crippen molar-refractivity contribution in [3.63, 3.8) is 0 Å². The summed E-state index contributed by atoms with van der Waals surface area (Å²) in [6.45, 7) is 1.92. The molecule has 1 saturated carbocycles. The van der Waals surface area contributed by atoms with Crippen LogP contribution in [0.4, 0.5) is 4.39 Å². The molecule has 0 radical (unpaired) electrons. The van der Waals surface area contributed by atoms with Crippen LogP contribution in [-0.4, -0.2) is 5.11 Å². The molecule has 1 nitrogen and oxygen atoms in total. The van der Waals surface area contributed by atoms with Crippen LogP contribution in [0.5, 0.6) is 0 Å². The van der Waals surface area contributed by atoms with E-state index in [1.165, 1.54) is 6.07 Å². The van der Waals surface area contributed by atoms with Crippen molar-refractivity contribution in [3.8, 4) is 0 Å². The van der Waals surface area contributed by atoms with Gasteiger partial charge < -0.3 is 5.11 Å². The monoisotopic (exact) mass is 166 g/mol. The van der Waals surface area contributed by atoms with Gasteiger partial charge in [0.05, 0.1) is 5.60 Å². The Morgan fingerprint density at radius 2 is 2.08 bits per heavy atom. The Bertz CT molecular complexity index is 310. The van der Waals surface area contributed by atoms with Crippen molar-refractivity contribution in [2.45, 2.75) is 18.9 Å². The molecule has 1 N–H and O–H groups in total. The smallest absolute Gasteiger partial charge is 0.129 e. The fraction of sp³-hybridized carbons (Fsp3) is 0.400. The maximum Gasteiger partial charge on any atom is 0.129 e. The maximum absolute atomic E-state index is 13.1. The van der Waals surface area contributed by atoms with Crippen LogP contribution >= 0.6 is 0 Å². The first-order valence-corrected chi connectivity index (χ1v) is 4.12. The van der Waals surface area contributed by atoms with E-state index in [2.05, 4.69) is 0 Å². The molecule has 1 aromatic rings. The molecule has 1 aliphatic rings. The zero-order valence-electron chi connectivity index (χ0n) is 6.92. The standard InChI is InChI=1S/C10H11FO/c1-7-6-10(7,12)8-4-2-3-5-9(8)11/h2-5,7,12H,6H2,1H3. The van der Waals surface area contributed by atoms with Crippen LogP contribution in [0, 0.1) is 11.7 Å². The van der Waals surface area contributed by atoms with Crippen LogP contribution in [0.1, 0.15) is 18.9 Å². The summed E-state index contributed by atoms with van der Waals surface area (Å²) in [5.41, 5.74) is -0.441. The predicted molar refractivity (Wildman–Crippen MR) is 44.1 cm³/mol. The zero-order chi connectivity index (χ0) is 8.77. The second-order valence-electron chi connectivity index (χ2n) is 3.51. The van der Waals surface area contributed by atoms with Gasteiger partial charge in [-0.1, -0.05) is 25.1 Å². The van der Waals surface area contributed by atoms with Crippen molar-refractivity contribution in [1.29, 1.82) is 0 Å². The Hall–Kier alpha value is -0.890. The third-order valence-electron chi connectivity index (χ3n) is 2.61. The molecule has 0 heterocycles. The van der Waals surface area contributed by atoms with Crippen LogP contribution < -0.4 is 0 Å². The van der Waals surface area contributed by atoms with E-state index in [0.717, 1.165) is 0 Å². The van der Waals surface area contributed by atoms with E-state index >= 15 is 0 Å². The number of hydrogen-bond acceptors (Lipinski definition) is 1. The summed E-state index contributed by atoms with van der Waals surface area (Å²) in [4.78, 5) is 0. The Morgan fingerprint density at radius 1 is 1.50 bits per heavy atom. The SMILES string of the molecule is CC1CC1(O)c1ccccc1F. The second kappa shape index (κ2) is 2.30. The van der Waals surface area contributed by atoms with Crippen molar-refractivity contribution in [2.75, 3.05) is 0 Å². The topological polar surface area (TPSA) is 20.2 Å². The van der Waals surface area contributed by atoms with E-state index in [-0.39, 0.29) is 11.7 Å². The first-order chi connectivity index (χ1) is 5.64. The van der Waals surface area contributed by atoms with Crippen LogP contribution in [0.25, 0.3) is 0 Å². The molecule has 0 aliphatic heterocycles. The molecule has 0 saturated heterocycles. The normalized spacial score (nSPS) is 33.4. The molecule has 2 atom stereocenters. The summed E-state index contributed by atoms with van der Waals surface area (Å²) in [7, 11) is 0. The average molecular weight is 166 g/mol. The molecule has 0 amide bonds. The van der Waals surface area contributed by atoms with E-state index in [9.17, 15) is 9.50 Å². The molecule has 1 aliphatic carbocycles. The highest BCUT2D eigenvalue weighted by molar-refractivity contribution is 5.30. The predicted octanol–water partition coefficient (Wildman–Crippen LogP) is 2.05. The van der Waals surface area contributed by atoms with Gasteiger partial charge in [-0.25, -0.2) is 4.39 Å².